The summed E-state index contributed by atoms with van der Waals surface area (Å²) in [6, 6.07) is 21.0. The normalized spacial score (nSPS) is 12.1. The first kappa shape index (κ1) is 58.7. The summed E-state index contributed by atoms with van der Waals surface area (Å²) in [5, 5.41) is 34.6. The SMILES string of the molecule is C/C=C(\C#N)S(=O)(=O)c1ccccc1.CC=O.Cc1n[nH]nc1C#N.II(I)I(I)I(I)I(I)I(I)I(I)I.N#CCS(=O)(=O)c1ccccc1. The van der Waals surface area contributed by atoms with E-state index in [-0.39, 0.29) is 46.3 Å². The van der Waals surface area contributed by atoms with Crippen LogP contribution in [0, 0.1) is 40.9 Å². The van der Waals surface area contributed by atoms with Gasteiger partial charge in [0, 0.05) is 0 Å². The number of carbonyl (C=O) groups is 1. The van der Waals surface area contributed by atoms with Crippen molar-refractivity contribution < 1.29 is 21.6 Å². The van der Waals surface area contributed by atoms with Crippen molar-refractivity contribution in [3.63, 3.8) is 0 Å². The second-order valence-corrected chi connectivity index (χ2v) is 304. The van der Waals surface area contributed by atoms with E-state index in [1.54, 1.807) is 55.5 Å². The number of allylic oxidation sites excluding steroid dienone is 2. The molecule has 51 heavy (non-hydrogen) atoms. The number of rotatable bonds is 9. The summed E-state index contributed by atoms with van der Waals surface area (Å²) in [5.41, 5.74) is 1.01. The molecule has 0 radical (unpaired) electrons. The van der Waals surface area contributed by atoms with Crippen LogP contribution in [0.5, 0.6) is 0 Å². The molecule has 0 aliphatic heterocycles. The van der Waals surface area contributed by atoms with Gasteiger partial charge in [0.15, 0.2) is 15.5 Å². The van der Waals surface area contributed by atoms with Crippen LogP contribution in [0.25, 0.3) is 0 Å². The first-order chi connectivity index (χ1) is 23.8. The molecule has 0 atom stereocenters. The number of nitriles is 3. The monoisotopic (exact) mass is 2320 g/mol. The summed E-state index contributed by atoms with van der Waals surface area (Å²) in [5.74, 6) is -0.461. The summed E-state index contributed by atoms with van der Waals surface area (Å²) in [6.07, 6.45) is 2.04. The molecule has 0 aliphatic carbocycles. The molecule has 0 fully saturated rings. The van der Waals surface area contributed by atoms with Crippen molar-refractivity contribution in [1.29, 1.82) is 15.8 Å². The van der Waals surface area contributed by atoms with Gasteiger partial charge in [0.1, 0.15) is 29.1 Å². The molecule has 0 saturated carbocycles. The number of aromatic nitrogens is 3. The number of aryl methyl sites for hydroxylation is 1. The Balaban J connectivity index is 0. The van der Waals surface area contributed by atoms with Gasteiger partial charge in [-0.15, -0.1) is 5.10 Å². The van der Waals surface area contributed by atoms with E-state index in [4.69, 9.17) is 20.6 Å². The Labute approximate surface area is 400 Å². The van der Waals surface area contributed by atoms with Gasteiger partial charge < -0.3 is 4.79 Å². The van der Waals surface area contributed by atoms with Crippen LogP contribution in [-0.2, 0) is 24.5 Å². The Hall–Kier alpha value is 5.58. The molecule has 0 bridgehead atoms. The van der Waals surface area contributed by atoms with Gasteiger partial charge in [-0.25, -0.2) is 16.8 Å². The molecular formula is C24H24I14N6O5S2. The van der Waals surface area contributed by atoms with E-state index in [1.165, 1.54) is 44.2 Å². The van der Waals surface area contributed by atoms with Gasteiger partial charge in [-0.1, -0.05) is 42.5 Å². The number of hydrogen-bond acceptors (Lipinski definition) is 10. The fourth-order valence-electron chi connectivity index (χ4n) is 2.32. The number of nitrogens with one attached hydrogen (secondary N) is 1. The van der Waals surface area contributed by atoms with Crippen molar-refractivity contribution in [1.82, 2.24) is 15.4 Å². The molecular weight excluding hydrogens is 2290 g/mol. The molecule has 3 aromatic rings. The van der Waals surface area contributed by atoms with Crippen LogP contribution in [0.2, 0.25) is 0 Å². The number of aromatic amines is 1. The number of aldehydes is 1. The molecule has 27 heteroatoms. The average molecular weight is 2320 g/mol. The Morgan fingerprint density at radius 3 is 1.43 bits per heavy atom. The summed E-state index contributed by atoms with van der Waals surface area (Å²) in [4.78, 5) is 8.94. The predicted octanol–water partition coefficient (Wildman–Crippen LogP) is 15.5. The average Bonchev–Trinajstić information content (AvgIpc) is 3.53. The minimum absolute atomic E-state index is 0.148. The van der Waals surface area contributed by atoms with Gasteiger partial charge in [0.25, 0.3) is 0 Å². The number of carbonyl (C=O) groups excluding carboxylic acids is 1. The molecule has 1 N–H and O–H groups in total. The molecule has 0 unspecified atom stereocenters. The van der Waals surface area contributed by atoms with Crippen LogP contribution in [0.4, 0.5) is 0 Å². The van der Waals surface area contributed by atoms with Crippen molar-refractivity contribution in [2.24, 2.45) is 0 Å². The maximum atomic E-state index is 11.7. The molecule has 2 aromatic carbocycles. The Kier molecular flexibility index (Phi) is 39.3. The zero-order valence-corrected chi connectivity index (χ0v) is 57.4. The number of benzene rings is 2. The van der Waals surface area contributed by atoms with E-state index in [1.807, 2.05) is 6.07 Å². The number of halogens is 14. The molecule has 0 spiro atoms. The summed E-state index contributed by atoms with van der Waals surface area (Å²) >= 11 is 23.4. The second kappa shape index (κ2) is 34.2. The van der Waals surface area contributed by atoms with Crippen LogP contribution >= 0.6 is 196 Å². The number of hydrogen-bond donors (Lipinski definition) is 1. The summed E-state index contributed by atoms with van der Waals surface area (Å²) in [6.45, 7) is 4.70. The van der Waals surface area contributed by atoms with Crippen molar-refractivity contribution >= 4 is 222 Å². The zero-order valence-electron chi connectivity index (χ0n) is 25.5. The molecule has 3 rings (SSSR count). The van der Waals surface area contributed by atoms with Crippen LogP contribution in [0.1, 0.15) is 25.2 Å². The van der Waals surface area contributed by atoms with Crippen molar-refractivity contribution in [3.8, 4) is 18.2 Å². The third-order valence-corrected chi connectivity index (χ3v) is 834. The largest absolute Gasteiger partial charge is 0.223 e. The number of nitrogens with zero attached hydrogens (tertiary/aromatic N) is 5. The van der Waals surface area contributed by atoms with Gasteiger partial charge in [-0.05, 0) is 45.0 Å². The van der Waals surface area contributed by atoms with E-state index in [2.05, 4.69) is 164 Å². The summed E-state index contributed by atoms with van der Waals surface area (Å²) in [7, 11) is -9.13. The predicted molar refractivity (Wildman–Crippen MR) is 331 cm³/mol. The van der Waals surface area contributed by atoms with Crippen LogP contribution < -0.4 is 0 Å². The quantitative estimate of drug-likeness (QED) is 0.122. The molecule has 0 saturated heterocycles. The molecule has 290 valence electrons. The third kappa shape index (κ3) is 25.2. The van der Waals surface area contributed by atoms with Gasteiger partial charge in [0.2, 0.25) is 9.84 Å². The van der Waals surface area contributed by atoms with E-state index < -0.39 is 41.2 Å². The second-order valence-electron chi connectivity index (χ2n) is 7.39. The van der Waals surface area contributed by atoms with E-state index in [0.717, 1.165) is 6.29 Å². The minimum Gasteiger partial charge on any atom is -0.223 e. The Bertz CT molecular complexity index is 1820. The minimum atomic E-state index is -3.60. The standard InChI is InChI=1S/C10H9NO2S.C8H7NO2S.C4H4N4.C2H4O.I14/c1-2-9(8-11)14(12,13)10-6-4-3-5-7-10;9-6-7-12(10,11)8-4-2-1-3-5-8;1-3-4(2-5)7-8-6-3;1-2-3;1-9(2)11(5)13(7)14(8)12(6)10(3)4/h2-7H,1H3;1-5H,7H2;1H3,(H,6,7,8);2H,1H3;/b9-2+;;;;. The number of H-pyrrole nitrogens is 1. The van der Waals surface area contributed by atoms with Gasteiger partial charge in [-0.3, -0.25) is 0 Å². The molecule has 11 nitrogen and oxygen atoms in total. The third-order valence-electron chi connectivity index (χ3n) is 4.31. The zero-order chi connectivity index (χ0) is 39.8. The molecule has 0 amide bonds. The molecule has 1 aromatic heterocycles. The maximum absolute atomic E-state index is 11.7. The van der Waals surface area contributed by atoms with Gasteiger partial charge in [0.05, 0.1) is 21.6 Å². The molecule has 0 aliphatic rings. The number of sulfone groups is 2. The van der Waals surface area contributed by atoms with E-state index >= 15 is 0 Å². The maximum Gasteiger partial charge on any atom is 0.191 e. The van der Waals surface area contributed by atoms with Gasteiger partial charge >= 0.3 is 196 Å². The van der Waals surface area contributed by atoms with Gasteiger partial charge in [-0.2, -0.15) is 26.1 Å². The van der Waals surface area contributed by atoms with Crippen molar-refractivity contribution in [2.75, 3.05) is 5.75 Å². The van der Waals surface area contributed by atoms with Crippen LogP contribution in [0.3, 0.4) is 0 Å². The topological polar surface area (TPSA) is 198 Å². The molecule has 1 heterocycles. The fourth-order valence-corrected chi connectivity index (χ4v) is 1680. The Morgan fingerprint density at radius 1 is 0.745 bits per heavy atom. The first-order valence-corrected chi connectivity index (χ1v) is 96.9. The van der Waals surface area contributed by atoms with E-state index in [9.17, 15) is 16.8 Å². The smallest absolute Gasteiger partial charge is 0.191 e. The van der Waals surface area contributed by atoms with Crippen molar-refractivity contribution in [2.45, 2.75) is 30.6 Å². The first-order valence-electron chi connectivity index (χ1n) is 12.1. The van der Waals surface area contributed by atoms with Crippen molar-refractivity contribution in [3.05, 3.63) is 83.0 Å². The fraction of sp³-hybridized carbons (Fsp3) is 0.167. The van der Waals surface area contributed by atoms with Crippen LogP contribution in [0.15, 0.2) is 81.4 Å². The summed E-state index contributed by atoms with van der Waals surface area (Å²) < 4.78 is 45.8. The van der Waals surface area contributed by atoms with Crippen LogP contribution in [-0.4, -0.2) is 44.3 Å². The van der Waals surface area contributed by atoms with E-state index in [0.29, 0.717) is 11.4 Å². The Morgan fingerprint density at radius 2 is 1.16 bits per heavy atom.